The molecule has 0 spiro atoms. The number of amides is 1. The Morgan fingerprint density at radius 2 is 1.94 bits per heavy atom. The van der Waals surface area contributed by atoms with Gasteiger partial charge in [0, 0.05) is 34.2 Å². The summed E-state index contributed by atoms with van der Waals surface area (Å²) in [6.45, 7) is 7.51. The summed E-state index contributed by atoms with van der Waals surface area (Å²) in [6.07, 6.45) is 1.52. The molecule has 1 atom stereocenters. The maximum atomic E-state index is 14.7. The molecule has 4 aromatic rings. The number of benzene rings is 2. The van der Waals surface area contributed by atoms with E-state index in [9.17, 15) is 9.18 Å². The fraction of sp³-hybridized carbons (Fsp3) is 0.250. The van der Waals surface area contributed by atoms with Crippen LogP contribution in [0.5, 0.6) is 17.4 Å². The Balaban J connectivity index is 1.54. The number of anilines is 1. The van der Waals surface area contributed by atoms with Crippen LogP contribution in [-0.4, -0.2) is 22.0 Å². The molecule has 8 heteroatoms. The van der Waals surface area contributed by atoms with Gasteiger partial charge in [-0.3, -0.25) is 4.79 Å². The fourth-order valence-corrected chi connectivity index (χ4v) is 4.98. The number of hydrogen-bond acceptors (Lipinski definition) is 6. The lowest BCUT2D eigenvalue weighted by atomic mass is 9.69. The molecule has 2 aromatic carbocycles. The number of rotatable bonds is 6. The number of para-hydroxylation sites is 1. The van der Waals surface area contributed by atoms with Crippen LogP contribution in [0.25, 0.3) is 11.3 Å². The second-order valence-corrected chi connectivity index (χ2v) is 10.4. The third kappa shape index (κ3) is 4.44. The second kappa shape index (κ2) is 9.35. The molecule has 0 bridgehead atoms. The van der Waals surface area contributed by atoms with Crippen LogP contribution < -0.4 is 14.8 Å². The highest BCUT2D eigenvalue weighted by molar-refractivity contribution is 7.13. The lowest BCUT2D eigenvalue weighted by Gasteiger charge is -2.37. The molecule has 3 heterocycles. The van der Waals surface area contributed by atoms with Crippen LogP contribution in [0.3, 0.4) is 0 Å². The van der Waals surface area contributed by atoms with Crippen LogP contribution in [-0.2, 0) is 4.79 Å². The summed E-state index contributed by atoms with van der Waals surface area (Å²) in [7, 11) is 0. The lowest BCUT2D eigenvalue weighted by Crippen LogP contribution is -2.38. The summed E-state index contributed by atoms with van der Waals surface area (Å²) in [5.74, 6) is 0.306. The van der Waals surface area contributed by atoms with E-state index in [0.717, 1.165) is 11.1 Å². The van der Waals surface area contributed by atoms with Crippen LogP contribution in [0.4, 0.5) is 9.52 Å². The Labute approximate surface area is 213 Å². The van der Waals surface area contributed by atoms with Crippen molar-refractivity contribution in [1.82, 2.24) is 9.97 Å². The number of aromatic nitrogens is 2. The Morgan fingerprint density at radius 1 is 1.14 bits per heavy atom. The van der Waals surface area contributed by atoms with Crippen molar-refractivity contribution in [2.75, 3.05) is 5.32 Å². The number of halogens is 1. The van der Waals surface area contributed by atoms with E-state index in [1.807, 2.05) is 69.5 Å². The predicted octanol–water partition coefficient (Wildman–Crippen LogP) is 7.03. The largest absolute Gasteiger partial charge is 0.488 e. The van der Waals surface area contributed by atoms with Gasteiger partial charge >= 0.3 is 0 Å². The number of fused-ring (bicyclic) bond motifs is 2. The summed E-state index contributed by atoms with van der Waals surface area (Å²) < 4.78 is 26.4. The first-order chi connectivity index (χ1) is 17.2. The van der Waals surface area contributed by atoms with Gasteiger partial charge in [-0.1, -0.05) is 38.1 Å². The van der Waals surface area contributed by atoms with E-state index < -0.39 is 11.2 Å². The third-order valence-corrected chi connectivity index (χ3v) is 6.88. The molecule has 0 aliphatic carbocycles. The number of hydrogen-bond donors (Lipinski definition) is 1. The summed E-state index contributed by atoms with van der Waals surface area (Å²) in [5.41, 5.74) is 2.00. The van der Waals surface area contributed by atoms with Gasteiger partial charge in [-0.25, -0.2) is 14.4 Å². The van der Waals surface area contributed by atoms with E-state index in [0.29, 0.717) is 28.0 Å². The van der Waals surface area contributed by atoms with E-state index in [1.165, 1.54) is 17.4 Å². The van der Waals surface area contributed by atoms with Crippen molar-refractivity contribution < 1.29 is 18.7 Å². The van der Waals surface area contributed by atoms with Crippen LogP contribution in [0.15, 0.2) is 66.2 Å². The summed E-state index contributed by atoms with van der Waals surface area (Å²) >= 11 is 1.37. The summed E-state index contributed by atoms with van der Waals surface area (Å²) in [4.78, 5) is 22.4. The number of carbonyl (C=O) groups excluding carboxylic acids is 1. The first-order valence-corrected chi connectivity index (χ1v) is 12.6. The van der Waals surface area contributed by atoms with E-state index in [2.05, 4.69) is 10.3 Å². The minimum absolute atomic E-state index is 0.131. The standard InChI is InChI=1S/C28H26FN3O3S/c1-16(2)34-23-12-9-17(15-20(23)29)21-11-10-19-24(18-7-5-6-8-22(18)35-25(19)31-21)28(3,4)26(33)32-27-30-13-14-36-27/h5-16,24H,1-4H3,(H,30,32,33)/t24-/m0/s1. The molecule has 1 N–H and O–H groups in total. The Morgan fingerprint density at radius 3 is 2.67 bits per heavy atom. The molecule has 0 fully saturated rings. The fourth-order valence-electron chi connectivity index (χ4n) is 4.46. The molecular weight excluding hydrogens is 477 g/mol. The average Bonchev–Trinajstić information content (AvgIpc) is 3.36. The first kappa shape index (κ1) is 23.9. The van der Waals surface area contributed by atoms with Crippen LogP contribution in [0.1, 0.15) is 44.7 Å². The maximum Gasteiger partial charge on any atom is 0.232 e. The SMILES string of the molecule is CC(C)Oc1ccc(-c2ccc3c(n2)Oc2ccccc2[C@@H]3C(C)(C)C(=O)Nc2nccs2)cc1F. The summed E-state index contributed by atoms with van der Waals surface area (Å²) in [5, 5.41) is 5.30. The molecule has 1 aliphatic heterocycles. The zero-order valence-electron chi connectivity index (χ0n) is 20.4. The van der Waals surface area contributed by atoms with Crippen LogP contribution in [0, 0.1) is 11.2 Å². The highest BCUT2D eigenvalue weighted by atomic mass is 32.1. The zero-order valence-corrected chi connectivity index (χ0v) is 21.2. The van der Waals surface area contributed by atoms with Crippen molar-refractivity contribution in [3.63, 3.8) is 0 Å². The van der Waals surface area contributed by atoms with Gasteiger partial charge in [-0.15, -0.1) is 11.3 Å². The molecule has 5 rings (SSSR count). The Bertz CT molecular complexity index is 1420. The van der Waals surface area contributed by atoms with Gasteiger partial charge in [0.05, 0.1) is 17.2 Å². The molecule has 0 unspecified atom stereocenters. The molecule has 36 heavy (non-hydrogen) atoms. The van der Waals surface area contributed by atoms with Gasteiger partial charge in [0.15, 0.2) is 16.7 Å². The highest BCUT2D eigenvalue weighted by Gasteiger charge is 2.44. The van der Waals surface area contributed by atoms with Gasteiger partial charge in [0.2, 0.25) is 11.8 Å². The highest BCUT2D eigenvalue weighted by Crippen LogP contribution is 2.52. The molecule has 0 radical (unpaired) electrons. The van der Waals surface area contributed by atoms with Gasteiger partial charge < -0.3 is 14.8 Å². The minimum atomic E-state index is -0.856. The first-order valence-electron chi connectivity index (χ1n) is 11.7. The number of thiazole rings is 1. The smallest absolute Gasteiger partial charge is 0.232 e. The van der Waals surface area contributed by atoms with Crippen LogP contribution in [0.2, 0.25) is 0 Å². The number of carbonyl (C=O) groups is 1. The van der Waals surface area contributed by atoms with Crippen LogP contribution >= 0.6 is 11.3 Å². The van der Waals surface area contributed by atoms with Gasteiger partial charge in [-0.2, -0.15) is 0 Å². The normalized spacial score (nSPS) is 14.6. The van der Waals surface area contributed by atoms with Gasteiger partial charge in [0.25, 0.3) is 0 Å². The Kier molecular flexibility index (Phi) is 6.22. The van der Waals surface area contributed by atoms with Crippen molar-refractivity contribution in [3.05, 3.63) is 83.1 Å². The van der Waals surface area contributed by atoms with Crippen molar-refractivity contribution in [2.45, 2.75) is 39.7 Å². The predicted molar refractivity (Wildman–Crippen MR) is 138 cm³/mol. The molecule has 6 nitrogen and oxygen atoms in total. The molecular formula is C28H26FN3O3S. The molecule has 2 aromatic heterocycles. The van der Waals surface area contributed by atoms with E-state index >= 15 is 0 Å². The van der Waals surface area contributed by atoms with E-state index in [-0.39, 0.29) is 23.7 Å². The number of ether oxygens (including phenoxy) is 2. The molecule has 0 saturated heterocycles. The number of nitrogens with one attached hydrogen (secondary N) is 1. The molecule has 1 amide bonds. The number of pyridine rings is 1. The Hall–Kier alpha value is -3.78. The van der Waals surface area contributed by atoms with Gasteiger partial charge in [-0.05, 0) is 44.2 Å². The van der Waals surface area contributed by atoms with Crippen molar-refractivity contribution >= 4 is 22.4 Å². The second-order valence-electron chi connectivity index (χ2n) is 9.49. The van der Waals surface area contributed by atoms with Crippen molar-refractivity contribution in [3.8, 4) is 28.6 Å². The topological polar surface area (TPSA) is 73.3 Å². The lowest BCUT2D eigenvalue weighted by molar-refractivity contribution is -0.124. The van der Waals surface area contributed by atoms with Crippen molar-refractivity contribution in [2.24, 2.45) is 5.41 Å². The van der Waals surface area contributed by atoms with Gasteiger partial charge in [0.1, 0.15) is 5.75 Å². The maximum absolute atomic E-state index is 14.7. The number of nitrogens with zero attached hydrogens (tertiary/aromatic N) is 2. The van der Waals surface area contributed by atoms with Crippen molar-refractivity contribution in [1.29, 1.82) is 0 Å². The zero-order chi connectivity index (χ0) is 25.4. The van der Waals surface area contributed by atoms with E-state index in [1.54, 1.807) is 18.3 Å². The summed E-state index contributed by atoms with van der Waals surface area (Å²) in [6, 6.07) is 16.2. The molecule has 1 aliphatic rings. The van der Waals surface area contributed by atoms with E-state index in [4.69, 9.17) is 14.5 Å². The third-order valence-electron chi connectivity index (χ3n) is 6.19. The molecule has 0 saturated carbocycles. The quantitative estimate of drug-likeness (QED) is 0.306. The average molecular weight is 504 g/mol. The minimum Gasteiger partial charge on any atom is -0.488 e. The monoisotopic (exact) mass is 503 g/mol. The molecule has 184 valence electrons.